The maximum atomic E-state index is 5.89. The van der Waals surface area contributed by atoms with Crippen LogP contribution in [0.4, 0.5) is 0 Å². The van der Waals surface area contributed by atoms with Crippen LogP contribution in [0.5, 0.6) is 5.88 Å². The maximum Gasteiger partial charge on any atom is 0.256 e. The van der Waals surface area contributed by atoms with Crippen LogP contribution >= 0.6 is 0 Å². The van der Waals surface area contributed by atoms with Gasteiger partial charge in [0.1, 0.15) is 12.9 Å². The highest BCUT2D eigenvalue weighted by molar-refractivity contribution is 6.04. The van der Waals surface area contributed by atoms with E-state index in [9.17, 15) is 0 Å². The molecule has 4 heterocycles. The molecule has 0 spiro atoms. The smallest absolute Gasteiger partial charge is 0.256 e. The van der Waals surface area contributed by atoms with Gasteiger partial charge in [-0.05, 0) is 21.0 Å². The van der Waals surface area contributed by atoms with Crippen molar-refractivity contribution in [2.45, 2.75) is 13.5 Å². The molecule has 4 rings (SSSR count). The predicted octanol–water partition coefficient (Wildman–Crippen LogP) is 0.982. The molecule has 24 heavy (non-hydrogen) atoms. The molecule has 0 radical (unpaired) electrons. The molecule has 0 aromatic carbocycles. The van der Waals surface area contributed by atoms with E-state index in [0.29, 0.717) is 18.3 Å². The van der Waals surface area contributed by atoms with E-state index >= 15 is 0 Å². The van der Waals surface area contributed by atoms with Gasteiger partial charge in [0.05, 0.1) is 22.5 Å². The van der Waals surface area contributed by atoms with Crippen molar-refractivity contribution in [1.82, 2.24) is 39.2 Å². The number of hydrogen-bond acceptors (Lipinski definition) is 7. The zero-order valence-corrected chi connectivity index (χ0v) is 13.8. The quantitative estimate of drug-likeness (QED) is 0.540. The van der Waals surface area contributed by atoms with Crippen LogP contribution in [0.2, 0.25) is 0 Å². The molecule has 0 aliphatic carbocycles. The van der Waals surface area contributed by atoms with Crippen molar-refractivity contribution in [3.63, 3.8) is 0 Å². The van der Waals surface area contributed by atoms with Gasteiger partial charge in [0.15, 0.2) is 5.65 Å². The van der Waals surface area contributed by atoms with Gasteiger partial charge in [0, 0.05) is 19.3 Å². The van der Waals surface area contributed by atoms with Gasteiger partial charge in [-0.3, -0.25) is 0 Å². The first-order valence-electron chi connectivity index (χ1n) is 7.80. The average Bonchev–Trinajstić information content (AvgIpc) is 3.20. The van der Waals surface area contributed by atoms with Crippen LogP contribution < -0.4 is 4.74 Å². The van der Waals surface area contributed by atoms with Gasteiger partial charge >= 0.3 is 0 Å². The summed E-state index contributed by atoms with van der Waals surface area (Å²) in [5.74, 6) is 1.02. The molecule has 0 unspecified atom stereocenters. The highest BCUT2D eigenvalue weighted by atomic mass is 16.5. The molecule has 124 valence electrons. The van der Waals surface area contributed by atoms with E-state index < -0.39 is 0 Å². The van der Waals surface area contributed by atoms with Gasteiger partial charge < -0.3 is 9.64 Å². The highest BCUT2D eigenvalue weighted by Crippen LogP contribution is 2.29. The molecule has 9 heteroatoms. The number of pyridine rings is 1. The van der Waals surface area contributed by atoms with Gasteiger partial charge in [0.25, 0.3) is 5.78 Å². The molecule has 0 saturated heterocycles. The SMILES string of the molecule is CCn1ncc2c1ncc1c(OCCN(C)C)nc3ncnn3c12. The Labute approximate surface area is 137 Å². The molecule has 0 saturated carbocycles. The molecular weight excluding hydrogens is 308 g/mol. The summed E-state index contributed by atoms with van der Waals surface area (Å²) >= 11 is 0. The zero-order chi connectivity index (χ0) is 16.7. The van der Waals surface area contributed by atoms with Gasteiger partial charge in [-0.15, -0.1) is 0 Å². The van der Waals surface area contributed by atoms with Crippen LogP contribution in [0.15, 0.2) is 18.7 Å². The molecule has 0 aliphatic heterocycles. The third kappa shape index (κ3) is 2.24. The zero-order valence-electron chi connectivity index (χ0n) is 13.8. The monoisotopic (exact) mass is 326 g/mol. The molecule has 4 aromatic heterocycles. The van der Waals surface area contributed by atoms with Crippen molar-refractivity contribution in [2.75, 3.05) is 27.2 Å². The fourth-order valence-corrected chi connectivity index (χ4v) is 2.69. The summed E-state index contributed by atoms with van der Waals surface area (Å²) in [4.78, 5) is 15.3. The molecule has 0 N–H and O–H groups in total. The molecule has 4 aromatic rings. The van der Waals surface area contributed by atoms with Crippen molar-refractivity contribution in [3.05, 3.63) is 18.7 Å². The Morgan fingerprint density at radius 3 is 2.79 bits per heavy atom. The minimum atomic E-state index is 0.499. The van der Waals surface area contributed by atoms with Crippen LogP contribution in [0.1, 0.15) is 6.92 Å². The molecule has 0 atom stereocenters. The van der Waals surface area contributed by atoms with Crippen molar-refractivity contribution < 1.29 is 4.74 Å². The van der Waals surface area contributed by atoms with Crippen LogP contribution in [-0.2, 0) is 6.54 Å². The Bertz CT molecular complexity index is 1020. The van der Waals surface area contributed by atoms with Crippen molar-refractivity contribution >= 4 is 27.7 Å². The largest absolute Gasteiger partial charge is 0.476 e. The van der Waals surface area contributed by atoms with Crippen molar-refractivity contribution in [1.29, 1.82) is 0 Å². The van der Waals surface area contributed by atoms with E-state index in [-0.39, 0.29) is 0 Å². The summed E-state index contributed by atoms with van der Waals surface area (Å²) in [6, 6.07) is 0. The van der Waals surface area contributed by atoms with E-state index in [0.717, 1.165) is 35.0 Å². The predicted molar refractivity (Wildman–Crippen MR) is 89.1 cm³/mol. The first kappa shape index (κ1) is 14.8. The van der Waals surface area contributed by atoms with Gasteiger partial charge in [0.2, 0.25) is 5.88 Å². The number of likely N-dealkylation sites (N-methyl/N-ethyl adjacent to an activating group) is 1. The van der Waals surface area contributed by atoms with Crippen LogP contribution in [0.25, 0.3) is 27.7 Å². The van der Waals surface area contributed by atoms with Crippen LogP contribution in [0.3, 0.4) is 0 Å². The third-order valence-corrected chi connectivity index (χ3v) is 3.89. The molecule has 0 fully saturated rings. The molecule has 0 bridgehead atoms. The second-order valence-electron chi connectivity index (χ2n) is 5.76. The fraction of sp³-hybridized carbons (Fsp3) is 0.400. The molecule has 0 aliphatic rings. The van der Waals surface area contributed by atoms with Gasteiger partial charge in [-0.2, -0.15) is 24.7 Å². The minimum absolute atomic E-state index is 0.499. The van der Waals surface area contributed by atoms with Crippen LogP contribution in [-0.4, -0.2) is 66.5 Å². The van der Waals surface area contributed by atoms with E-state index in [1.54, 1.807) is 16.9 Å². The van der Waals surface area contributed by atoms with E-state index in [2.05, 4.69) is 30.0 Å². The maximum absolute atomic E-state index is 5.89. The standard InChI is InChI=1S/C15H18N8O/c1-4-22-13-10(8-18-22)12-11(7-16-13)14(24-6-5-21(2)3)20-15-17-9-19-23(12)15/h7-9H,4-6H2,1-3H3. The van der Waals surface area contributed by atoms with Crippen LogP contribution in [0, 0.1) is 0 Å². The molecule has 9 nitrogen and oxygen atoms in total. The van der Waals surface area contributed by atoms with Crippen molar-refractivity contribution in [2.24, 2.45) is 0 Å². The van der Waals surface area contributed by atoms with Crippen molar-refractivity contribution in [3.8, 4) is 5.88 Å². The lowest BCUT2D eigenvalue weighted by atomic mass is 10.2. The second kappa shape index (κ2) is 5.68. The van der Waals surface area contributed by atoms with E-state index in [1.165, 1.54) is 6.33 Å². The Morgan fingerprint density at radius 1 is 1.12 bits per heavy atom. The topological polar surface area (TPSA) is 86.3 Å². The first-order chi connectivity index (χ1) is 11.7. The van der Waals surface area contributed by atoms with E-state index in [1.807, 2.05) is 25.7 Å². The number of nitrogens with zero attached hydrogens (tertiary/aromatic N) is 8. The third-order valence-electron chi connectivity index (χ3n) is 3.89. The number of fused-ring (bicyclic) bond motifs is 5. The number of aromatic nitrogens is 7. The Morgan fingerprint density at radius 2 is 2.00 bits per heavy atom. The Balaban J connectivity index is 1.95. The number of hydrogen-bond donors (Lipinski definition) is 0. The summed E-state index contributed by atoms with van der Waals surface area (Å²) in [7, 11) is 4.00. The minimum Gasteiger partial charge on any atom is -0.476 e. The number of rotatable bonds is 5. The first-order valence-corrected chi connectivity index (χ1v) is 7.80. The lowest BCUT2D eigenvalue weighted by Gasteiger charge is -2.12. The van der Waals surface area contributed by atoms with Gasteiger partial charge in [-0.1, -0.05) is 0 Å². The fourth-order valence-electron chi connectivity index (χ4n) is 2.69. The summed E-state index contributed by atoms with van der Waals surface area (Å²) in [6.07, 6.45) is 5.06. The normalized spacial score (nSPS) is 12.0. The van der Waals surface area contributed by atoms with E-state index in [4.69, 9.17) is 4.74 Å². The summed E-state index contributed by atoms with van der Waals surface area (Å²) in [5, 5.41) is 10.4. The summed E-state index contributed by atoms with van der Waals surface area (Å²) in [6.45, 7) is 4.11. The van der Waals surface area contributed by atoms with Gasteiger partial charge in [-0.25, -0.2) is 9.67 Å². The lowest BCUT2D eigenvalue weighted by Crippen LogP contribution is -2.20. The summed E-state index contributed by atoms with van der Waals surface area (Å²) < 4.78 is 9.45. The Hall–Kier alpha value is -2.81. The second-order valence-corrected chi connectivity index (χ2v) is 5.76. The Kier molecular flexibility index (Phi) is 3.49. The number of aryl methyl sites for hydroxylation is 1. The lowest BCUT2D eigenvalue weighted by molar-refractivity contribution is 0.256. The average molecular weight is 326 g/mol. The summed E-state index contributed by atoms with van der Waals surface area (Å²) in [5.41, 5.74) is 1.68. The number of ether oxygens (including phenoxy) is 1. The highest BCUT2D eigenvalue weighted by Gasteiger charge is 2.17. The molecular formula is C15H18N8O. The molecule has 0 amide bonds.